The Balaban J connectivity index is 1.92. The van der Waals surface area contributed by atoms with Crippen molar-refractivity contribution in [2.75, 3.05) is 32.7 Å². The number of benzene rings is 1. The minimum Gasteiger partial charge on any atom is -0.350 e. The highest BCUT2D eigenvalue weighted by atomic mass is 16.2. The molecule has 2 rings (SSSR count). The third kappa shape index (κ3) is 2.89. The van der Waals surface area contributed by atoms with Gasteiger partial charge in [0.25, 0.3) is 5.91 Å². The van der Waals surface area contributed by atoms with Crippen LogP contribution in [0.25, 0.3) is 0 Å². The van der Waals surface area contributed by atoms with Gasteiger partial charge in [-0.1, -0.05) is 30.3 Å². The van der Waals surface area contributed by atoms with Crippen molar-refractivity contribution in [1.29, 1.82) is 0 Å². The number of piperazine rings is 1. The summed E-state index contributed by atoms with van der Waals surface area (Å²) in [5.74, 6) is 0.182. The summed E-state index contributed by atoms with van der Waals surface area (Å²) in [6.45, 7) is 6.43. The van der Waals surface area contributed by atoms with Gasteiger partial charge in [0.2, 0.25) is 0 Å². The minimum atomic E-state index is 0.182. The highest BCUT2D eigenvalue weighted by molar-refractivity contribution is 5.76. The van der Waals surface area contributed by atoms with Crippen LogP contribution in [0, 0.1) is 0 Å². The first kappa shape index (κ1) is 13.1. The van der Waals surface area contributed by atoms with Crippen molar-refractivity contribution in [2.24, 2.45) is 0 Å². The lowest BCUT2D eigenvalue weighted by Gasteiger charge is -2.35. The Bertz CT molecular complexity index is 385. The van der Waals surface area contributed by atoms with E-state index in [1.54, 1.807) is 4.90 Å². The van der Waals surface area contributed by atoms with Crippen LogP contribution in [0.4, 0.5) is 0 Å². The summed E-state index contributed by atoms with van der Waals surface area (Å²) in [7, 11) is 0. The van der Waals surface area contributed by atoms with E-state index in [1.165, 1.54) is 5.56 Å². The molecule has 1 aliphatic heterocycles. The minimum absolute atomic E-state index is 0.182. The van der Waals surface area contributed by atoms with Gasteiger partial charge in [0.05, 0.1) is 26.2 Å². The maximum absolute atomic E-state index is 11.6. The molecule has 1 atom stereocenters. The van der Waals surface area contributed by atoms with Crippen LogP contribution >= 0.6 is 0 Å². The number of carbonyl (C=O) groups excluding carboxylic acids is 1. The number of hydrogen-bond acceptors (Lipinski definition) is 1. The lowest BCUT2D eigenvalue weighted by Crippen LogP contribution is -3.14. The molecular weight excluding hydrogens is 226 g/mol. The topological polar surface area (TPSA) is 52.4 Å². The van der Waals surface area contributed by atoms with E-state index in [0.29, 0.717) is 12.6 Å². The molecule has 1 saturated heterocycles. The second-order valence-corrected chi connectivity index (χ2v) is 4.92. The van der Waals surface area contributed by atoms with E-state index in [4.69, 9.17) is 0 Å². The molecule has 0 saturated carbocycles. The van der Waals surface area contributed by atoms with Gasteiger partial charge < -0.3 is 15.5 Å². The molecule has 4 N–H and O–H groups in total. The van der Waals surface area contributed by atoms with Gasteiger partial charge in [-0.2, -0.15) is 0 Å². The van der Waals surface area contributed by atoms with Crippen LogP contribution in [0.2, 0.25) is 0 Å². The summed E-state index contributed by atoms with van der Waals surface area (Å²) in [5, 5.41) is 0. The standard InChI is InChI=1S/C14H21N3O/c1-12(13-5-3-2-4-6-13)16-7-9-17(10-8-16)14(18)11-15/h2-6,12H,7-11,15H2,1H3/p+2/t12-/m1/s1. The van der Waals surface area contributed by atoms with E-state index < -0.39 is 0 Å². The van der Waals surface area contributed by atoms with E-state index in [0.717, 1.165) is 26.2 Å². The van der Waals surface area contributed by atoms with E-state index in [1.807, 2.05) is 4.90 Å². The molecule has 1 fully saturated rings. The van der Waals surface area contributed by atoms with Gasteiger partial charge in [0.15, 0.2) is 6.54 Å². The second-order valence-electron chi connectivity index (χ2n) is 4.92. The number of carbonyl (C=O) groups is 1. The molecule has 4 nitrogen and oxygen atoms in total. The predicted octanol–water partition coefficient (Wildman–Crippen LogP) is -1.28. The molecule has 0 bridgehead atoms. The van der Waals surface area contributed by atoms with E-state index >= 15 is 0 Å². The SMILES string of the molecule is C[C@H](c1ccccc1)[NH+]1CCN(C(=O)C[NH3+])CC1. The van der Waals surface area contributed by atoms with Crippen LogP contribution in [0.3, 0.4) is 0 Å². The summed E-state index contributed by atoms with van der Waals surface area (Å²) in [5.41, 5.74) is 5.04. The molecule has 1 amide bonds. The van der Waals surface area contributed by atoms with Crippen molar-refractivity contribution in [3.63, 3.8) is 0 Å². The molecule has 1 aromatic rings. The fourth-order valence-electron chi connectivity index (χ4n) is 2.61. The Hall–Kier alpha value is -1.39. The van der Waals surface area contributed by atoms with Gasteiger partial charge in [-0.25, -0.2) is 0 Å². The first-order valence-electron chi connectivity index (χ1n) is 6.69. The first-order chi connectivity index (χ1) is 8.72. The van der Waals surface area contributed by atoms with Crippen molar-refractivity contribution in [3.05, 3.63) is 35.9 Å². The number of rotatable bonds is 3. The Kier molecular flexibility index (Phi) is 4.33. The van der Waals surface area contributed by atoms with Crippen LogP contribution < -0.4 is 10.6 Å². The predicted molar refractivity (Wildman–Crippen MR) is 69.9 cm³/mol. The zero-order valence-electron chi connectivity index (χ0n) is 11.1. The molecule has 0 spiro atoms. The molecule has 0 aliphatic carbocycles. The monoisotopic (exact) mass is 249 g/mol. The number of hydrogen-bond donors (Lipinski definition) is 2. The van der Waals surface area contributed by atoms with Crippen molar-refractivity contribution in [2.45, 2.75) is 13.0 Å². The highest BCUT2D eigenvalue weighted by Crippen LogP contribution is 2.08. The quantitative estimate of drug-likeness (QED) is 0.688. The summed E-state index contributed by atoms with van der Waals surface area (Å²) in [4.78, 5) is 15.1. The fraction of sp³-hybridized carbons (Fsp3) is 0.500. The summed E-state index contributed by atoms with van der Waals surface area (Å²) in [6.07, 6.45) is 0. The van der Waals surface area contributed by atoms with Crippen LogP contribution in [0.5, 0.6) is 0 Å². The van der Waals surface area contributed by atoms with Crippen molar-refractivity contribution >= 4 is 5.91 Å². The van der Waals surface area contributed by atoms with Crippen molar-refractivity contribution in [1.82, 2.24) is 4.90 Å². The van der Waals surface area contributed by atoms with Gasteiger partial charge in [0.1, 0.15) is 6.04 Å². The zero-order chi connectivity index (χ0) is 13.0. The molecule has 0 radical (unpaired) electrons. The van der Waals surface area contributed by atoms with E-state index in [2.05, 4.69) is 43.0 Å². The second kappa shape index (κ2) is 5.98. The molecule has 1 aromatic carbocycles. The molecule has 1 heterocycles. The number of amides is 1. The molecule has 1 aliphatic rings. The zero-order valence-corrected chi connectivity index (χ0v) is 11.1. The Labute approximate surface area is 108 Å². The van der Waals surface area contributed by atoms with Gasteiger partial charge in [0, 0.05) is 5.56 Å². The van der Waals surface area contributed by atoms with Crippen LogP contribution in [0.1, 0.15) is 18.5 Å². The van der Waals surface area contributed by atoms with Gasteiger partial charge in [-0.15, -0.1) is 0 Å². The third-order valence-corrected chi connectivity index (χ3v) is 3.88. The normalized spacial score (nSPS) is 18.7. The molecule has 98 valence electrons. The molecule has 0 unspecified atom stereocenters. The summed E-state index contributed by atoms with van der Waals surface area (Å²) in [6, 6.07) is 11.1. The number of nitrogens with one attached hydrogen (secondary N) is 1. The Morgan fingerprint density at radius 2 is 1.94 bits per heavy atom. The largest absolute Gasteiger partial charge is 0.350 e. The average Bonchev–Trinajstić information content (AvgIpc) is 2.47. The first-order valence-corrected chi connectivity index (χ1v) is 6.69. The molecule has 18 heavy (non-hydrogen) atoms. The van der Waals surface area contributed by atoms with Gasteiger partial charge >= 0.3 is 0 Å². The third-order valence-electron chi connectivity index (χ3n) is 3.88. The van der Waals surface area contributed by atoms with E-state index in [-0.39, 0.29) is 5.91 Å². The highest BCUT2D eigenvalue weighted by Gasteiger charge is 2.27. The van der Waals surface area contributed by atoms with Crippen molar-refractivity contribution in [3.8, 4) is 0 Å². The number of nitrogens with zero attached hydrogens (tertiary/aromatic N) is 1. The maximum Gasteiger partial charge on any atom is 0.278 e. The van der Waals surface area contributed by atoms with Gasteiger partial charge in [-0.3, -0.25) is 4.79 Å². The fourth-order valence-corrected chi connectivity index (χ4v) is 2.61. The molecule has 0 aromatic heterocycles. The lowest BCUT2D eigenvalue weighted by atomic mass is 10.1. The smallest absolute Gasteiger partial charge is 0.278 e. The van der Waals surface area contributed by atoms with Crippen molar-refractivity contribution < 1.29 is 15.4 Å². The lowest BCUT2D eigenvalue weighted by molar-refractivity contribution is -0.933. The van der Waals surface area contributed by atoms with E-state index in [9.17, 15) is 4.79 Å². The van der Waals surface area contributed by atoms with Crippen LogP contribution in [-0.2, 0) is 4.79 Å². The molecule has 4 heteroatoms. The summed E-state index contributed by atoms with van der Waals surface area (Å²) >= 11 is 0. The maximum atomic E-state index is 11.6. The van der Waals surface area contributed by atoms with Gasteiger partial charge in [-0.05, 0) is 6.92 Å². The Morgan fingerprint density at radius 3 is 2.50 bits per heavy atom. The average molecular weight is 249 g/mol. The Morgan fingerprint density at radius 1 is 1.33 bits per heavy atom. The van der Waals surface area contributed by atoms with Crippen LogP contribution in [0.15, 0.2) is 30.3 Å². The number of quaternary nitrogens is 2. The summed E-state index contributed by atoms with van der Waals surface area (Å²) < 4.78 is 0. The van der Waals surface area contributed by atoms with Crippen LogP contribution in [-0.4, -0.2) is 43.5 Å². The molecular formula is C14H23N3O+2.